The predicted molar refractivity (Wildman–Crippen MR) is 427 cm³/mol. The van der Waals surface area contributed by atoms with Crippen LogP contribution in [-0.4, -0.2) is 269 Å². The molecule has 3 aliphatic heterocycles. The van der Waals surface area contributed by atoms with E-state index in [2.05, 4.69) is 42.5 Å². The number of hydrogen-bond acceptors (Lipinski definition) is 24. The van der Waals surface area contributed by atoms with Gasteiger partial charge in [0, 0.05) is 86.1 Å². The molecule has 8 amide bonds. The number of carbonyl (C=O) groups excluding carboxylic acids is 8. The van der Waals surface area contributed by atoms with Gasteiger partial charge in [-0.1, -0.05) is 148 Å². The molecule has 17 unspecified atom stereocenters. The van der Waals surface area contributed by atoms with E-state index in [1.165, 1.54) is 20.8 Å². The largest absolute Gasteiger partial charge is 0.394 e. The molecular formula is C82H152N8O24. The molecule has 3 rings (SSSR count). The molecule has 0 aromatic rings. The van der Waals surface area contributed by atoms with Gasteiger partial charge in [-0.3, -0.25) is 38.4 Å². The fourth-order valence-corrected chi connectivity index (χ4v) is 14.3. The van der Waals surface area contributed by atoms with Gasteiger partial charge < -0.3 is 122 Å². The van der Waals surface area contributed by atoms with Gasteiger partial charge in [0.1, 0.15) is 85.1 Å². The fraction of sp³-hybridized carbons (Fsp3) is 0.902. The zero-order chi connectivity index (χ0) is 83.9. The lowest BCUT2D eigenvalue weighted by Crippen LogP contribution is -2.64. The van der Waals surface area contributed by atoms with E-state index in [9.17, 15) is 84.3 Å². The molecule has 664 valence electrons. The summed E-state index contributed by atoms with van der Waals surface area (Å²) in [6.07, 6.45) is 17.6. The molecule has 3 saturated heterocycles. The molecule has 0 saturated carbocycles. The SMILES string of the molecule is CC(=O)NC1C(OCCCCCCCCCCCC(=O)NCCCCC(NC(=O)CCCCCCCCCCCOC2OC(CO)C(O)C(O)C2NC(C)=O)C(=O)NC(CCCCNC(=O)CCCCCCCCCCCOC2OC(CO)C(O)C(O)C2NC(C)=O)C(=O)NCCCCCCOC(C)(C)C)OC(CO)C(O)C1O. The second kappa shape index (κ2) is 62.3. The third kappa shape index (κ3) is 45.9. The molecule has 32 nitrogen and oxygen atoms in total. The average Bonchev–Trinajstić information content (AvgIpc) is 0.820. The van der Waals surface area contributed by atoms with Crippen LogP contribution in [-0.2, 0) is 71.5 Å². The number of hydrogen-bond donors (Lipinski definition) is 17. The molecule has 3 aliphatic rings. The predicted octanol–water partition coefficient (Wildman–Crippen LogP) is 4.60. The molecule has 0 radical (unpaired) electrons. The highest BCUT2D eigenvalue weighted by Gasteiger charge is 2.48. The Kier molecular flexibility index (Phi) is 56.5. The van der Waals surface area contributed by atoms with Crippen LogP contribution < -0.4 is 42.5 Å². The second-order valence-corrected chi connectivity index (χ2v) is 32.2. The second-order valence-electron chi connectivity index (χ2n) is 32.2. The van der Waals surface area contributed by atoms with E-state index in [0.717, 1.165) is 186 Å². The molecule has 0 bridgehead atoms. The molecule has 0 aliphatic carbocycles. The van der Waals surface area contributed by atoms with Crippen molar-refractivity contribution < 1.29 is 117 Å². The van der Waals surface area contributed by atoms with Crippen LogP contribution in [0.3, 0.4) is 0 Å². The monoisotopic (exact) mass is 1630 g/mol. The van der Waals surface area contributed by atoms with Gasteiger partial charge in [0.25, 0.3) is 0 Å². The highest BCUT2D eigenvalue weighted by Crippen LogP contribution is 2.27. The lowest BCUT2D eigenvalue weighted by atomic mass is 9.97. The first kappa shape index (κ1) is 103. The van der Waals surface area contributed by atoms with Crippen molar-refractivity contribution in [1.29, 1.82) is 0 Å². The summed E-state index contributed by atoms with van der Waals surface area (Å²) in [7, 11) is 0. The third-order valence-corrected chi connectivity index (χ3v) is 20.9. The summed E-state index contributed by atoms with van der Waals surface area (Å²) in [5, 5.41) is 114. The van der Waals surface area contributed by atoms with Gasteiger partial charge in [0.05, 0.1) is 25.4 Å². The van der Waals surface area contributed by atoms with Crippen molar-refractivity contribution in [2.75, 3.05) is 65.9 Å². The maximum Gasteiger partial charge on any atom is 0.243 e. The summed E-state index contributed by atoms with van der Waals surface area (Å²) in [5.41, 5.74) is -0.221. The third-order valence-electron chi connectivity index (χ3n) is 20.9. The van der Waals surface area contributed by atoms with Gasteiger partial charge in [0.15, 0.2) is 18.9 Å². The van der Waals surface area contributed by atoms with Crippen LogP contribution in [0.2, 0.25) is 0 Å². The zero-order valence-electron chi connectivity index (χ0n) is 69.8. The van der Waals surface area contributed by atoms with Crippen LogP contribution in [0.4, 0.5) is 0 Å². The number of aliphatic hydroxyl groups is 9. The molecule has 3 fully saturated rings. The minimum Gasteiger partial charge on any atom is -0.394 e. The molecule has 17 N–H and O–H groups in total. The van der Waals surface area contributed by atoms with Gasteiger partial charge in [-0.15, -0.1) is 0 Å². The number of amides is 8. The first-order valence-electron chi connectivity index (χ1n) is 43.3. The van der Waals surface area contributed by atoms with Crippen molar-refractivity contribution in [3.63, 3.8) is 0 Å². The Bertz CT molecular complexity index is 2600. The number of ether oxygens (including phenoxy) is 7. The summed E-state index contributed by atoms with van der Waals surface area (Å²) in [5.74, 6) is -2.39. The minimum absolute atomic E-state index is 0.0426. The van der Waals surface area contributed by atoms with E-state index in [4.69, 9.17) is 33.2 Å². The molecule has 114 heavy (non-hydrogen) atoms. The topological polar surface area (TPSA) is 479 Å². The zero-order valence-corrected chi connectivity index (χ0v) is 69.8. The summed E-state index contributed by atoms with van der Waals surface area (Å²) in [4.78, 5) is 103. The van der Waals surface area contributed by atoms with Gasteiger partial charge in [-0.05, 0) is 111 Å². The summed E-state index contributed by atoms with van der Waals surface area (Å²) in [6, 6.07) is -4.76. The average molecular weight is 1630 g/mol. The van der Waals surface area contributed by atoms with Crippen molar-refractivity contribution in [1.82, 2.24) is 42.5 Å². The van der Waals surface area contributed by atoms with Gasteiger partial charge >= 0.3 is 0 Å². The Labute approximate surface area is 678 Å². The van der Waals surface area contributed by atoms with Crippen molar-refractivity contribution in [2.24, 2.45) is 0 Å². The van der Waals surface area contributed by atoms with Crippen LogP contribution >= 0.6 is 0 Å². The van der Waals surface area contributed by atoms with Crippen LogP contribution in [0, 0.1) is 0 Å². The Morgan fingerprint density at radius 2 is 0.596 bits per heavy atom. The number of rotatable bonds is 66. The van der Waals surface area contributed by atoms with Crippen molar-refractivity contribution in [2.45, 2.75) is 408 Å². The van der Waals surface area contributed by atoms with Crippen LogP contribution in [0.5, 0.6) is 0 Å². The standard InChI is InChI=1S/C82H152N8O24/c1-57(94)86-68-74(103)71(100)62(54-91)112-79(68)108-50-38-26-19-13-7-10-16-22-30-44-65(97)83-47-36-33-42-60(77(106)85-49-35-25-29-41-53-111-82(4,5)6)90-78(107)61(89-67(99)46-32-24-18-12-9-15-21-28-40-52-110-81-70(88-59(3)96)76(105)73(102)64(56-93)114-81)43-34-37-48-84-66(98)45-31-23-17-11-8-14-20-27-39-51-109-80-69(87-58(2)95)75(104)72(101)63(55-92)113-80/h60-64,68-76,79-81,91-93,100-105H,7-56H2,1-6H3,(H,83,97)(H,84,98)(H,85,106)(H,86,94)(H,87,95)(H,88,96)(H,89,99)(H,90,107). The number of nitrogens with one attached hydrogen (secondary N) is 8. The Balaban J connectivity index is 1.47. The van der Waals surface area contributed by atoms with Crippen LogP contribution in [0.1, 0.15) is 298 Å². The first-order valence-corrected chi connectivity index (χ1v) is 43.3. The van der Waals surface area contributed by atoms with Crippen molar-refractivity contribution >= 4 is 47.3 Å². The summed E-state index contributed by atoms with van der Waals surface area (Å²) in [6.45, 7) is 11.2. The fourth-order valence-electron chi connectivity index (χ4n) is 14.3. The van der Waals surface area contributed by atoms with E-state index in [1.54, 1.807) is 0 Å². The Morgan fingerprint density at radius 1 is 0.325 bits per heavy atom. The highest BCUT2D eigenvalue weighted by atomic mass is 16.7. The molecular weight excluding hydrogens is 1480 g/mol. The van der Waals surface area contributed by atoms with Gasteiger partial charge in [-0.25, -0.2) is 0 Å². The van der Waals surface area contributed by atoms with Crippen molar-refractivity contribution in [3.05, 3.63) is 0 Å². The smallest absolute Gasteiger partial charge is 0.243 e. The van der Waals surface area contributed by atoms with E-state index < -0.39 is 147 Å². The highest BCUT2D eigenvalue weighted by molar-refractivity contribution is 5.92. The van der Waals surface area contributed by atoms with Gasteiger partial charge in [-0.2, -0.15) is 0 Å². The molecule has 0 spiro atoms. The summed E-state index contributed by atoms with van der Waals surface area (Å²) >= 11 is 0. The van der Waals surface area contributed by atoms with E-state index in [0.29, 0.717) is 104 Å². The molecule has 17 atom stereocenters. The molecule has 32 heteroatoms. The van der Waals surface area contributed by atoms with E-state index in [1.807, 2.05) is 20.8 Å². The Morgan fingerprint density at radius 3 is 0.912 bits per heavy atom. The quantitative estimate of drug-likeness (QED) is 0.0370. The number of unbranched alkanes of at least 4 members (excludes halogenated alkanes) is 29. The Hall–Kier alpha value is -4.88. The summed E-state index contributed by atoms with van der Waals surface area (Å²) < 4.78 is 40.3. The first-order chi connectivity index (χ1) is 54.7. The lowest BCUT2D eigenvalue weighted by Gasteiger charge is -2.42. The number of aliphatic hydroxyl groups excluding tert-OH is 9. The van der Waals surface area contributed by atoms with Crippen LogP contribution in [0.15, 0.2) is 0 Å². The minimum atomic E-state index is -1.38. The number of carbonyl (C=O) groups is 8. The van der Waals surface area contributed by atoms with Crippen LogP contribution in [0.25, 0.3) is 0 Å². The van der Waals surface area contributed by atoms with Gasteiger partial charge in [0.2, 0.25) is 47.3 Å². The van der Waals surface area contributed by atoms with E-state index in [-0.39, 0.29) is 42.1 Å². The maximum absolute atomic E-state index is 14.4. The maximum atomic E-state index is 14.4. The normalized spacial score (nSPS) is 24.3. The van der Waals surface area contributed by atoms with E-state index >= 15 is 0 Å². The molecule has 3 heterocycles. The lowest BCUT2D eigenvalue weighted by molar-refractivity contribution is -0.270. The molecule has 0 aromatic carbocycles. The van der Waals surface area contributed by atoms with Crippen molar-refractivity contribution in [3.8, 4) is 0 Å². The molecule has 0 aromatic heterocycles.